The third kappa shape index (κ3) is 4.79. The summed E-state index contributed by atoms with van der Waals surface area (Å²) in [6, 6.07) is 7.22. The molecule has 1 saturated carbocycles. The van der Waals surface area contributed by atoms with Gasteiger partial charge in [-0.2, -0.15) is 4.98 Å². The van der Waals surface area contributed by atoms with E-state index in [0.29, 0.717) is 29.7 Å². The van der Waals surface area contributed by atoms with E-state index in [1.54, 1.807) is 12.1 Å². The molecule has 1 N–H and O–H groups in total. The lowest BCUT2D eigenvalue weighted by molar-refractivity contribution is -0.127. The molecule has 7 heteroatoms. The van der Waals surface area contributed by atoms with E-state index in [9.17, 15) is 4.79 Å². The highest BCUT2D eigenvalue weighted by molar-refractivity contribution is 6.30. The van der Waals surface area contributed by atoms with Crippen molar-refractivity contribution in [3.63, 3.8) is 0 Å². The van der Waals surface area contributed by atoms with E-state index in [1.165, 1.54) is 12.8 Å². The van der Waals surface area contributed by atoms with Gasteiger partial charge in [-0.25, -0.2) is 0 Å². The first-order valence-electron chi connectivity index (χ1n) is 8.17. The molecule has 6 nitrogen and oxygen atoms in total. The van der Waals surface area contributed by atoms with E-state index in [0.717, 1.165) is 18.4 Å². The van der Waals surface area contributed by atoms with Crippen LogP contribution in [0.5, 0.6) is 0 Å². The van der Waals surface area contributed by atoms with Crippen molar-refractivity contribution in [2.45, 2.75) is 38.2 Å². The Morgan fingerprint density at radius 3 is 2.79 bits per heavy atom. The number of halogens is 1. The molecule has 0 bridgehead atoms. The van der Waals surface area contributed by atoms with Gasteiger partial charge in [0.25, 0.3) is 0 Å². The van der Waals surface area contributed by atoms with Crippen molar-refractivity contribution < 1.29 is 14.1 Å². The van der Waals surface area contributed by atoms with Gasteiger partial charge in [-0.1, -0.05) is 29.6 Å². The van der Waals surface area contributed by atoms with Crippen LogP contribution in [-0.2, 0) is 16.0 Å². The molecule has 1 aromatic carbocycles. The summed E-state index contributed by atoms with van der Waals surface area (Å²) in [5.74, 6) is 0.883. The van der Waals surface area contributed by atoms with Crippen molar-refractivity contribution in [3.8, 4) is 11.4 Å². The van der Waals surface area contributed by atoms with Crippen LogP contribution in [0.25, 0.3) is 11.4 Å². The number of aromatic nitrogens is 2. The molecule has 1 aliphatic carbocycles. The summed E-state index contributed by atoms with van der Waals surface area (Å²) in [4.78, 5) is 16.0. The van der Waals surface area contributed by atoms with Crippen molar-refractivity contribution in [2.75, 3.05) is 13.2 Å². The molecular weight excluding hydrogens is 330 g/mol. The van der Waals surface area contributed by atoms with Crippen LogP contribution in [0.1, 0.15) is 31.6 Å². The van der Waals surface area contributed by atoms with E-state index < -0.39 is 0 Å². The van der Waals surface area contributed by atoms with E-state index in [1.807, 2.05) is 12.1 Å². The summed E-state index contributed by atoms with van der Waals surface area (Å²) in [6.45, 7) is 0.555. The van der Waals surface area contributed by atoms with Gasteiger partial charge >= 0.3 is 0 Å². The smallest absolute Gasteiger partial charge is 0.246 e. The Bertz CT molecular complexity index is 666. The number of nitrogens with zero attached hydrogens (tertiary/aromatic N) is 2. The van der Waals surface area contributed by atoms with E-state index in [-0.39, 0.29) is 18.6 Å². The lowest BCUT2D eigenvalue weighted by Gasteiger charge is -2.10. The number of nitrogens with one attached hydrogen (secondary N) is 1. The predicted octanol–water partition coefficient (Wildman–Crippen LogP) is 3.01. The van der Waals surface area contributed by atoms with Crippen LogP contribution in [0.4, 0.5) is 0 Å². The number of benzene rings is 1. The summed E-state index contributed by atoms with van der Waals surface area (Å²) in [5, 5.41) is 7.40. The molecule has 24 heavy (non-hydrogen) atoms. The SMILES string of the molecule is O=C(COC1CCCC1)NCCc1nc(-c2ccc(Cl)cc2)no1. The number of carbonyl (C=O) groups is 1. The molecule has 0 saturated heterocycles. The Morgan fingerprint density at radius 1 is 1.29 bits per heavy atom. The molecule has 1 heterocycles. The van der Waals surface area contributed by atoms with Crippen molar-refractivity contribution >= 4 is 17.5 Å². The molecule has 1 fully saturated rings. The lowest BCUT2D eigenvalue weighted by Crippen LogP contribution is -2.30. The van der Waals surface area contributed by atoms with Gasteiger partial charge < -0.3 is 14.6 Å². The molecule has 3 rings (SSSR count). The normalized spacial score (nSPS) is 14.9. The summed E-state index contributed by atoms with van der Waals surface area (Å²) in [6.07, 6.45) is 5.23. The minimum Gasteiger partial charge on any atom is -0.368 e. The van der Waals surface area contributed by atoms with Crippen LogP contribution in [0.15, 0.2) is 28.8 Å². The fourth-order valence-electron chi connectivity index (χ4n) is 2.68. The third-order valence-corrected chi connectivity index (χ3v) is 4.24. The fourth-order valence-corrected chi connectivity index (χ4v) is 2.81. The summed E-state index contributed by atoms with van der Waals surface area (Å²) < 4.78 is 10.8. The quantitative estimate of drug-likeness (QED) is 0.831. The predicted molar refractivity (Wildman–Crippen MR) is 89.7 cm³/mol. The molecule has 0 atom stereocenters. The fraction of sp³-hybridized carbons (Fsp3) is 0.471. The molecule has 2 aromatic rings. The van der Waals surface area contributed by atoms with Crippen LogP contribution in [0.2, 0.25) is 5.02 Å². The molecule has 1 aliphatic rings. The zero-order valence-electron chi connectivity index (χ0n) is 13.3. The van der Waals surface area contributed by atoms with Gasteiger partial charge in [0.05, 0.1) is 6.10 Å². The standard InChI is InChI=1S/C17H20ClN3O3/c18-13-7-5-12(6-8-13)17-20-16(24-21-17)9-10-19-15(22)11-23-14-3-1-2-4-14/h5-8,14H,1-4,9-11H2,(H,19,22). The number of carbonyl (C=O) groups excluding carboxylic acids is 1. The van der Waals surface area contributed by atoms with Gasteiger partial charge in [0, 0.05) is 23.6 Å². The number of hydrogen-bond donors (Lipinski definition) is 1. The highest BCUT2D eigenvalue weighted by atomic mass is 35.5. The maximum atomic E-state index is 11.7. The molecule has 1 aromatic heterocycles. The van der Waals surface area contributed by atoms with Crippen molar-refractivity contribution in [1.82, 2.24) is 15.5 Å². The van der Waals surface area contributed by atoms with Crippen LogP contribution < -0.4 is 5.32 Å². The second kappa shape index (κ2) is 8.26. The highest BCUT2D eigenvalue weighted by Crippen LogP contribution is 2.20. The molecule has 1 amide bonds. The zero-order chi connectivity index (χ0) is 16.8. The van der Waals surface area contributed by atoms with E-state index >= 15 is 0 Å². The molecular formula is C17H20ClN3O3. The van der Waals surface area contributed by atoms with Crippen molar-refractivity contribution in [2.24, 2.45) is 0 Å². The minimum absolute atomic E-state index is 0.112. The first kappa shape index (κ1) is 16.9. The van der Waals surface area contributed by atoms with Gasteiger partial charge in [0.15, 0.2) is 0 Å². The van der Waals surface area contributed by atoms with Gasteiger partial charge in [-0.3, -0.25) is 4.79 Å². The molecule has 128 valence electrons. The zero-order valence-corrected chi connectivity index (χ0v) is 14.1. The second-order valence-corrected chi connectivity index (χ2v) is 6.27. The molecule has 0 aliphatic heterocycles. The number of rotatable bonds is 7. The summed E-state index contributed by atoms with van der Waals surface area (Å²) >= 11 is 5.85. The van der Waals surface area contributed by atoms with Crippen LogP contribution in [0, 0.1) is 0 Å². The number of hydrogen-bond acceptors (Lipinski definition) is 5. The van der Waals surface area contributed by atoms with Gasteiger partial charge in [0.1, 0.15) is 6.61 Å². The Hall–Kier alpha value is -1.92. The second-order valence-electron chi connectivity index (χ2n) is 5.84. The topological polar surface area (TPSA) is 77.2 Å². The summed E-state index contributed by atoms with van der Waals surface area (Å²) in [5.41, 5.74) is 0.836. The Kier molecular flexibility index (Phi) is 5.82. The Balaban J connectivity index is 1.40. The number of ether oxygens (including phenoxy) is 1. The van der Waals surface area contributed by atoms with Gasteiger partial charge in [-0.15, -0.1) is 0 Å². The maximum Gasteiger partial charge on any atom is 0.246 e. The minimum atomic E-state index is -0.112. The average Bonchev–Trinajstić information content (AvgIpc) is 3.25. The summed E-state index contributed by atoms with van der Waals surface area (Å²) in [7, 11) is 0. The lowest BCUT2D eigenvalue weighted by atomic mass is 10.2. The molecule has 0 radical (unpaired) electrons. The Morgan fingerprint density at radius 2 is 2.04 bits per heavy atom. The van der Waals surface area contributed by atoms with Gasteiger partial charge in [-0.05, 0) is 37.1 Å². The van der Waals surface area contributed by atoms with Crippen LogP contribution in [-0.4, -0.2) is 35.3 Å². The first-order chi connectivity index (χ1) is 11.7. The maximum absolute atomic E-state index is 11.7. The Labute approximate surface area is 145 Å². The average molecular weight is 350 g/mol. The third-order valence-electron chi connectivity index (χ3n) is 3.98. The van der Waals surface area contributed by atoms with Crippen molar-refractivity contribution in [1.29, 1.82) is 0 Å². The largest absolute Gasteiger partial charge is 0.368 e. The first-order valence-corrected chi connectivity index (χ1v) is 8.55. The molecule has 0 spiro atoms. The number of amides is 1. The van der Waals surface area contributed by atoms with Crippen LogP contribution >= 0.6 is 11.6 Å². The molecule has 0 unspecified atom stereocenters. The van der Waals surface area contributed by atoms with E-state index in [2.05, 4.69) is 15.5 Å². The van der Waals surface area contributed by atoms with Crippen LogP contribution in [0.3, 0.4) is 0 Å². The monoisotopic (exact) mass is 349 g/mol. The highest BCUT2D eigenvalue weighted by Gasteiger charge is 2.16. The van der Waals surface area contributed by atoms with Crippen molar-refractivity contribution in [3.05, 3.63) is 35.2 Å². The van der Waals surface area contributed by atoms with Gasteiger partial charge in [0.2, 0.25) is 17.6 Å². The van der Waals surface area contributed by atoms with E-state index in [4.69, 9.17) is 20.9 Å².